The number of amides is 1. The van der Waals surface area contributed by atoms with Crippen molar-refractivity contribution in [2.75, 3.05) is 27.3 Å². The van der Waals surface area contributed by atoms with Gasteiger partial charge >= 0.3 is 0 Å². The van der Waals surface area contributed by atoms with Gasteiger partial charge in [-0.05, 0) is 36.1 Å². The molecule has 0 aromatic heterocycles. The molecule has 1 aliphatic heterocycles. The molecule has 2 rings (SSSR count). The molecule has 0 radical (unpaired) electrons. The number of hydrogen-bond acceptors (Lipinski definition) is 3. The summed E-state index contributed by atoms with van der Waals surface area (Å²) in [6.07, 6.45) is 2.66. The highest BCUT2D eigenvalue weighted by Gasteiger charge is 2.16. The van der Waals surface area contributed by atoms with Gasteiger partial charge < -0.3 is 14.4 Å². The summed E-state index contributed by atoms with van der Waals surface area (Å²) < 4.78 is 10.6. The number of ether oxygens (including phenoxy) is 2. The first-order valence-corrected chi connectivity index (χ1v) is 5.71. The van der Waals surface area contributed by atoms with Gasteiger partial charge in [-0.25, -0.2) is 0 Å². The Kier molecular flexibility index (Phi) is 3.52. The van der Waals surface area contributed by atoms with Crippen LogP contribution in [-0.4, -0.2) is 38.6 Å². The summed E-state index contributed by atoms with van der Waals surface area (Å²) in [5.41, 5.74) is 2.49. The molecule has 17 heavy (non-hydrogen) atoms. The molecule has 1 aromatic carbocycles. The average Bonchev–Trinajstić information content (AvgIpc) is 2.58. The van der Waals surface area contributed by atoms with Gasteiger partial charge in [0, 0.05) is 13.1 Å². The molecule has 1 aromatic rings. The Hall–Kier alpha value is -1.71. The maximum Gasteiger partial charge on any atom is 0.209 e. The quantitative estimate of drug-likeness (QED) is 0.740. The van der Waals surface area contributed by atoms with E-state index >= 15 is 0 Å². The first-order chi connectivity index (χ1) is 8.28. The number of benzene rings is 1. The number of rotatable bonds is 3. The summed E-state index contributed by atoms with van der Waals surface area (Å²) in [6.45, 7) is 1.54. The molecule has 0 spiro atoms. The van der Waals surface area contributed by atoms with Crippen molar-refractivity contribution in [2.45, 2.75) is 12.8 Å². The van der Waals surface area contributed by atoms with Crippen LogP contribution < -0.4 is 9.47 Å². The minimum Gasteiger partial charge on any atom is -0.493 e. The second-order valence-electron chi connectivity index (χ2n) is 4.12. The molecule has 0 saturated carbocycles. The van der Waals surface area contributed by atoms with Crippen LogP contribution in [0, 0.1) is 0 Å². The smallest absolute Gasteiger partial charge is 0.209 e. The van der Waals surface area contributed by atoms with E-state index in [2.05, 4.69) is 0 Å². The van der Waals surface area contributed by atoms with Gasteiger partial charge in [-0.3, -0.25) is 4.79 Å². The minimum atomic E-state index is 0.755. The van der Waals surface area contributed by atoms with E-state index in [1.807, 2.05) is 12.1 Å². The third-order valence-corrected chi connectivity index (χ3v) is 3.19. The molecule has 0 fully saturated rings. The summed E-state index contributed by atoms with van der Waals surface area (Å²) in [5, 5.41) is 0. The van der Waals surface area contributed by atoms with Crippen LogP contribution in [0.2, 0.25) is 0 Å². The molecule has 1 amide bonds. The Balaban J connectivity index is 2.33. The van der Waals surface area contributed by atoms with Gasteiger partial charge in [0.05, 0.1) is 14.2 Å². The molecule has 1 heterocycles. The summed E-state index contributed by atoms with van der Waals surface area (Å²) in [6, 6.07) is 4.03. The predicted octanol–water partition coefficient (Wildman–Crippen LogP) is 1.26. The normalized spacial score (nSPS) is 14.8. The van der Waals surface area contributed by atoms with Crippen molar-refractivity contribution in [3.05, 3.63) is 23.3 Å². The van der Waals surface area contributed by atoms with Crippen molar-refractivity contribution >= 4 is 6.41 Å². The number of methoxy groups -OCH3 is 2. The molecule has 0 unspecified atom stereocenters. The molecule has 0 atom stereocenters. The minimum absolute atomic E-state index is 0.755. The monoisotopic (exact) mass is 235 g/mol. The number of fused-ring (bicyclic) bond motifs is 1. The Bertz CT molecular complexity index is 382. The molecule has 92 valence electrons. The van der Waals surface area contributed by atoms with Crippen LogP contribution in [0.4, 0.5) is 0 Å². The summed E-state index contributed by atoms with van der Waals surface area (Å²) in [5.74, 6) is 1.51. The van der Waals surface area contributed by atoms with Crippen LogP contribution in [-0.2, 0) is 17.6 Å². The van der Waals surface area contributed by atoms with Crippen molar-refractivity contribution < 1.29 is 14.3 Å². The average molecular weight is 235 g/mol. The van der Waals surface area contributed by atoms with Gasteiger partial charge in [0.2, 0.25) is 6.41 Å². The Morgan fingerprint density at radius 1 is 1.06 bits per heavy atom. The van der Waals surface area contributed by atoms with Gasteiger partial charge in [0.25, 0.3) is 0 Å². The Morgan fingerprint density at radius 2 is 1.53 bits per heavy atom. The lowest BCUT2D eigenvalue weighted by Crippen LogP contribution is -2.24. The highest BCUT2D eigenvalue weighted by Crippen LogP contribution is 2.32. The highest BCUT2D eigenvalue weighted by molar-refractivity contribution is 5.51. The number of nitrogens with zero attached hydrogens (tertiary/aromatic N) is 1. The van der Waals surface area contributed by atoms with Gasteiger partial charge in [0.1, 0.15) is 0 Å². The van der Waals surface area contributed by atoms with E-state index in [-0.39, 0.29) is 0 Å². The lowest BCUT2D eigenvalue weighted by atomic mass is 10.0. The first kappa shape index (κ1) is 11.8. The second kappa shape index (κ2) is 5.08. The Morgan fingerprint density at radius 3 is 1.88 bits per heavy atom. The zero-order chi connectivity index (χ0) is 12.3. The lowest BCUT2D eigenvalue weighted by Gasteiger charge is -2.12. The fraction of sp³-hybridized carbons (Fsp3) is 0.462. The second-order valence-corrected chi connectivity index (χ2v) is 4.12. The molecule has 0 N–H and O–H groups in total. The number of hydrogen-bond donors (Lipinski definition) is 0. The number of carbonyl (C=O) groups is 1. The van der Waals surface area contributed by atoms with Crippen molar-refractivity contribution in [3.63, 3.8) is 0 Å². The summed E-state index contributed by atoms with van der Waals surface area (Å²) in [4.78, 5) is 12.6. The van der Waals surface area contributed by atoms with E-state index in [1.54, 1.807) is 19.1 Å². The van der Waals surface area contributed by atoms with E-state index in [4.69, 9.17) is 9.47 Å². The maximum atomic E-state index is 10.8. The molecule has 1 aliphatic rings. The zero-order valence-electron chi connectivity index (χ0n) is 10.2. The van der Waals surface area contributed by atoms with Crippen LogP contribution in [0.1, 0.15) is 11.1 Å². The molecule has 4 heteroatoms. The van der Waals surface area contributed by atoms with Crippen molar-refractivity contribution in [3.8, 4) is 11.5 Å². The van der Waals surface area contributed by atoms with Crippen molar-refractivity contribution in [1.29, 1.82) is 0 Å². The molecule has 0 saturated heterocycles. The number of carbonyl (C=O) groups excluding carboxylic acids is 1. The SMILES string of the molecule is COc1cc2c(cc1OC)CCN(C=O)CC2. The van der Waals surface area contributed by atoms with Crippen LogP contribution in [0.3, 0.4) is 0 Å². The van der Waals surface area contributed by atoms with Gasteiger partial charge in [0.15, 0.2) is 11.5 Å². The summed E-state index contributed by atoms with van der Waals surface area (Å²) >= 11 is 0. The third-order valence-electron chi connectivity index (χ3n) is 3.19. The molecule has 4 nitrogen and oxygen atoms in total. The highest BCUT2D eigenvalue weighted by atomic mass is 16.5. The maximum absolute atomic E-state index is 10.8. The van der Waals surface area contributed by atoms with E-state index in [1.165, 1.54) is 11.1 Å². The molecule has 0 bridgehead atoms. The molecular formula is C13H17NO3. The molecule has 0 aliphatic carbocycles. The van der Waals surface area contributed by atoms with Crippen LogP contribution in [0.5, 0.6) is 11.5 Å². The van der Waals surface area contributed by atoms with E-state index < -0.39 is 0 Å². The standard InChI is InChI=1S/C13H17NO3/c1-16-12-7-10-3-5-14(9-15)6-4-11(10)8-13(12)17-2/h7-9H,3-6H2,1-2H3. The third kappa shape index (κ3) is 2.35. The first-order valence-electron chi connectivity index (χ1n) is 5.71. The van der Waals surface area contributed by atoms with Crippen molar-refractivity contribution in [2.24, 2.45) is 0 Å². The van der Waals surface area contributed by atoms with E-state index in [0.29, 0.717) is 0 Å². The fourth-order valence-corrected chi connectivity index (χ4v) is 2.17. The van der Waals surface area contributed by atoms with Crippen molar-refractivity contribution in [1.82, 2.24) is 4.90 Å². The van der Waals surface area contributed by atoms with E-state index in [0.717, 1.165) is 43.8 Å². The molecular weight excluding hydrogens is 218 g/mol. The fourth-order valence-electron chi connectivity index (χ4n) is 2.17. The van der Waals surface area contributed by atoms with Crippen LogP contribution in [0.15, 0.2) is 12.1 Å². The van der Waals surface area contributed by atoms with Gasteiger partial charge in [-0.2, -0.15) is 0 Å². The Labute approximate surface area is 101 Å². The van der Waals surface area contributed by atoms with E-state index in [9.17, 15) is 4.79 Å². The largest absolute Gasteiger partial charge is 0.493 e. The predicted molar refractivity (Wildman–Crippen MR) is 64.6 cm³/mol. The lowest BCUT2D eigenvalue weighted by molar-refractivity contribution is -0.118. The van der Waals surface area contributed by atoms with Gasteiger partial charge in [-0.1, -0.05) is 0 Å². The zero-order valence-corrected chi connectivity index (χ0v) is 10.2. The van der Waals surface area contributed by atoms with Crippen LogP contribution >= 0.6 is 0 Å². The topological polar surface area (TPSA) is 38.8 Å². The van der Waals surface area contributed by atoms with Crippen LogP contribution in [0.25, 0.3) is 0 Å². The summed E-state index contributed by atoms with van der Waals surface area (Å²) in [7, 11) is 3.28. The van der Waals surface area contributed by atoms with Gasteiger partial charge in [-0.15, -0.1) is 0 Å².